The number of ether oxygens (including phenoxy) is 1. The number of fused-ring (bicyclic) bond motifs is 3. The summed E-state index contributed by atoms with van der Waals surface area (Å²) >= 11 is 1.45. The maximum absolute atomic E-state index is 11.9. The Morgan fingerprint density at radius 3 is 2.65 bits per heavy atom. The number of nitrogens with zero attached hydrogens (tertiary/aromatic N) is 4. The zero-order chi connectivity index (χ0) is 23.5. The van der Waals surface area contributed by atoms with E-state index in [-0.39, 0.29) is 11.7 Å². The van der Waals surface area contributed by atoms with Crippen LogP contribution in [0.1, 0.15) is 44.6 Å². The van der Waals surface area contributed by atoms with Crippen LogP contribution in [-0.2, 0) is 16.4 Å². The molecule has 2 aromatic heterocycles. The lowest BCUT2D eigenvalue weighted by Crippen LogP contribution is -2.44. The second-order valence-corrected chi connectivity index (χ2v) is 11.9. The first-order valence-electron chi connectivity index (χ1n) is 12.0. The van der Waals surface area contributed by atoms with Gasteiger partial charge in [-0.25, -0.2) is 18.4 Å². The Morgan fingerprint density at radius 1 is 1.18 bits per heavy atom. The molecule has 2 aliphatic rings. The van der Waals surface area contributed by atoms with E-state index in [1.165, 1.54) is 29.7 Å². The van der Waals surface area contributed by atoms with Crippen molar-refractivity contribution in [3.63, 3.8) is 0 Å². The summed E-state index contributed by atoms with van der Waals surface area (Å²) in [7, 11) is -3.30. The summed E-state index contributed by atoms with van der Waals surface area (Å²) in [5.74, 6) is 1.19. The maximum atomic E-state index is 11.9. The molecule has 180 valence electrons. The Labute approximate surface area is 205 Å². The van der Waals surface area contributed by atoms with Gasteiger partial charge < -0.3 is 4.74 Å². The van der Waals surface area contributed by atoms with Crippen molar-refractivity contribution < 1.29 is 13.2 Å². The van der Waals surface area contributed by atoms with Crippen LogP contribution in [0.25, 0.3) is 10.3 Å². The molecule has 2 aliphatic heterocycles. The summed E-state index contributed by atoms with van der Waals surface area (Å²) in [5, 5.41) is 0.604. The van der Waals surface area contributed by atoms with E-state index in [0.29, 0.717) is 23.7 Å². The number of hydrogen-bond acceptors (Lipinski definition) is 7. The van der Waals surface area contributed by atoms with Gasteiger partial charge in [-0.1, -0.05) is 30.4 Å². The van der Waals surface area contributed by atoms with Crippen LogP contribution < -0.4 is 4.74 Å². The summed E-state index contributed by atoms with van der Waals surface area (Å²) in [6, 6.07) is 13.1. The average molecular weight is 499 g/mol. The van der Waals surface area contributed by atoms with Gasteiger partial charge >= 0.3 is 0 Å². The van der Waals surface area contributed by atoms with E-state index in [2.05, 4.69) is 31.4 Å². The molecule has 5 rings (SSSR count). The van der Waals surface area contributed by atoms with Gasteiger partial charge in [0.1, 0.15) is 16.1 Å². The van der Waals surface area contributed by atoms with Crippen molar-refractivity contribution in [2.75, 3.05) is 12.3 Å². The third-order valence-corrected chi connectivity index (χ3v) is 8.97. The van der Waals surface area contributed by atoms with E-state index in [1.807, 2.05) is 31.2 Å². The first-order chi connectivity index (χ1) is 16.5. The minimum atomic E-state index is -3.30. The predicted molar refractivity (Wildman–Crippen MR) is 136 cm³/mol. The molecular formula is C25H30N4O3S2. The van der Waals surface area contributed by atoms with E-state index < -0.39 is 10.0 Å². The van der Waals surface area contributed by atoms with Crippen molar-refractivity contribution in [3.8, 4) is 10.9 Å². The van der Waals surface area contributed by atoms with Gasteiger partial charge in [0.05, 0.1) is 5.75 Å². The van der Waals surface area contributed by atoms with E-state index in [4.69, 9.17) is 4.74 Å². The molecule has 0 amide bonds. The smallest absolute Gasteiger partial charge is 0.281 e. The first-order valence-corrected chi connectivity index (χ1v) is 14.4. The second kappa shape index (κ2) is 10.1. The average Bonchev–Trinajstić information content (AvgIpc) is 3.33. The lowest BCUT2D eigenvalue weighted by Gasteiger charge is -2.37. The summed E-state index contributed by atoms with van der Waals surface area (Å²) < 4.78 is 33.7. The highest BCUT2D eigenvalue weighted by molar-refractivity contribution is 7.90. The van der Waals surface area contributed by atoms with Gasteiger partial charge in [-0.2, -0.15) is 4.40 Å². The van der Waals surface area contributed by atoms with Crippen LogP contribution in [0.2, 0.25) is 0 Å². The lowest BCUT2D eigenvalue weighted by atomic mass is 9.91. The van der Waals surface area contributed by atoms with E-state index in [1.54, 1.807) is 12.4 Å². The fraction of sp³-hybridized carbons (Fsp3) is 0.480. The van der Waals surface area contributed by atoms with Crippen LogP contribution in [0.5, 0.6) is 10.9 Å². The molecule has 0 spiro atoms. The normalized spacial score (nSPS) is 23.1. The molecule has 2 unspecified atom stereocenters. The largest absolute Gasteiger partial charge is 0.431 e. The minimum Gasteiger partial charge on any atom is -0.431 e. The van der Waals surface area contributed by atoms with Crippen molar-refractivity contribution >= 4 is 37.9 Å². The van der Waals surface area contributed by atoms with Crippen LogP contribution in [0.4, 0.5) is 0 Å². The van der Waals surface area contributed by atoms with Crippen molar-refractivity contribution in [1.29, 1.82) is 0 Å². The predicted octanol–water partition coefficient (Wildman–Crippen LogP) is 5.08. The van der Waals surface area contributed by atoms with Crippen LogP contribution in [-0.4, -0.2) is 53.9 Å². The third-order valence-electron chi connectivity index (χ3n) is 6.75. The summed E-state index contributed by atoms with van der Waals surface area (Å²) in [6.07, 6.45) is 9.48. The number of pyridine rings is 1. The van der Waals surface area contributed by atoms with E-state index in [9.17, 15) is 8.42 Å². The fourth-order valence-electron chi connectivity index (χ4n) is 5.17. The number of aromatic nitrogens is 2. The molecule has 4 heterocycles. The lowest BCUT2D eigenvalue weighted by molar-refractivity contribution is 0.127. The minimum absolute atomic E-state index is 0.136. The third kappa shape index (κ3) is 5.47. The van der Waals surface area contributed by atoms with Crippen LogP contribution >= 0.6 is 11.3 Å². The molecule has 3 aromatic rings. The summed E-state index contributed by atoms with van der Waals surface area (Å²) in [5.41, 5.74) is 2.14. The van der Waals surface area contributed by atoms with Crippen LogP contribution in [0.3, 0.4) is 0 Å². The molecule has 2 saturated heterocycles. The van der Waals surface area contributed by atoms with Crippen molar-refractivity contribution in [3.05, 3.63) is 48.2 Å². The Kier molecular flexibility index (Phi) is 6.94. The Bertz CT molecular complexity index is 1210. The number of hydrogen-bond donors (Lipinski definition) is 0. The zero-order valence-corrected chi connectivity index (χ0v) is 21.0. The fourth-order valence-corrected chi connectivity index (χ4v) is 6.93. The van der Waals surface area contributed by atoms with Gasteiger partial charge in [0.25, 0.3) is 15.2 Å². The Morgan fingerprint density at radius 2 is 1.94 bits per heavy atom. The first kappa shape index (κ1) is 23.4. The van der Waals surface area contributed by atoms with Crippen molar-refractivity contribution in [2.24, 2.45) is 10.3 Å². The summed E-state index contributed by atoms with van der Waals surface area (Å²) in [4.78, 5) is 12.3. The van der Waals surface area contributed by atoms with Crippen molar-refractivity contribution in [1.82, 2.24) is 14.9 Å². The van der Waals surface area contributed by atoms with Gasteiger partial charge in [-0.05, 0) is 74.3 Å². The SMILES string of the molecule is CCCS(=O)(=O)N=CC1CC2CC[C@@H](C1)N2CCc1ccc(Oc2nc3cccnc3s2)cc1. The highest BCUT2D eigenvalue weighted by Crippen LogP contribution is 2.38. The van der Waals surface area contributed by atoms with Gasteiger partial charge in [-0.3, -0.25) is 4.90 Å². The molecule has 1 aromatic carbocycles. The van der Waals surface area contributed by atoms with Crippen LogP contribution in [0, 0.1) is 5.92 Å². The maximum Gasteiger partial charge on any atom is 0.281 e. The molecule has 9 heteroatoms. The van der Waals surface area contributed by atoms with Crippen molar-refractivity contribution in [2.45, 2.75) is 57.5 Å². The molecule has 0 N–H and O–H groups in total. The monoisotopic (exact) mass is 498 g/mol. The molecule has 2 fully saturated rings. The zero-order valence-electron chi connectivity index (χ0n) is 19.3. The number of thiazole rings is 1. The molecule has 34 heavy (non-hydrogen) atoms. The highest BCUT2D eigenvalue weighted by Gasteiger charge is 2.39. The van der Waals surface area contributed by atoms with E-state index in [0.717, 1.165) is 41.9 Å². The number of sulfonamides is 1. The topological polar surface area (TPSA) is 84.8 Å². The standard InChI is InChI=1S/C25H30N4O3S2/c1-2-14-34(30,31)27-17-19-15-20-7-8-21(16-19)29(20)13-11-18-5-9-22(10-6-18)32-25-28-23-4-3-12-26-24(23)33-25/h3-6,9-10,12,17,19-21H,2,7-8,11,13-16H2,1H3/t19?,20-,21?/m0/s1. The molecule has 7 nitrogen and oxygen atoms in total. The molecule has 3 atom stereocenters. The number of piperidine rings is 1. The molecule has 0 radical (unpaired) electrons. The van der Waals surface area contributed by atoms with Gasteiger partial charge in [0, 0.05) is 31.0 Å². The Balaban J connectivity index is 1.14. The van der Waals surface area contributed by atoms with E-state index >= 15 is 0 Å². The van der Waals surface area contributed by atoms with Gasteiger partial charge in [0.15, 0.2) is 0 Å². The quantitative estimate of drug-likeness (QED) is 0.383. The van der Waals surface area contributed by atoms with Gasteiger partial charge in [-0.15, -0.1) is 0 Å². The Hall–Kier alpha value is -2.36. The second-order valence-electron chi connectivity index (χ2n) is 9.20. The highest BCUT2D eigenvalue weighted by atomic mass is 32.2. The number of rotatable bonds is 9. The molecule has 0 aliphatic carbocycles. The molecule has 0 saturated carbocycles. The molecule has 2 bridgehead atoms. The summed E-state index contributed by atoms with van der Waals surface area (Å²) in [6.45, 7) is 2.89. The van der Waals surface area contributed by atoms with Gasteiger partial charge in [0.2, 0.25) is 0 Å². The number of benzene rings is 1. The van der Waals surface area contributed by atoms with Crippen LogP contribution in [0.15, 0.2) is 47.0 Å². The molecular weight excluding hydrogens is 468 g/mol.